The Labute approximate surface area is 127 Å². The van der Waals surface area contributed by atoms with Crippen molar-refractivity contribution < 1.29 is 0 Å². The topological polar surface area (TPSA) is 51.6 Å². The highest BCUT2D eigenvalue weighted by atomic mass is 32.2. The number of nitrogens with zero attached hydrogens (tertiary/aromatic N) is 4. The molecule has 8 heteroatoms. The summed E-state index contributed by atoms with van der Waals surface area (Å²) in [6, 6.07) is 2.18. The van der Waals surface area contributed by atoms with Gasteiger partial charge in [-0.05, 0) is 30.5 Å². The zero-order chi connectivity index (χ0) is 13.2. The second-order valence-corrected chi connectivity index (χ2v) is 7.99. The predicted molar refractivity (Wildman–Crippen MR) is 82.6 cm³/mol. The van der Waals surface area contributed by atoms with Gasteiger partial charge >= 0.3 is 0 Å². The predicted octanol–water partition coefficient (Wildman–Crippen LogP) is 3.98. The molecule has 0 N–H and O–H groups in total. The van der Waals surface area contributed by atoms with Gasteiger partial charge < -0.3 is 0 Å². The third kappa shape index (κ3) is 2.76. The van der Waals surface area contributed by atoms with Crippen molar-refractivity contribution in [2.24, 2.45) is 0 Å². The molecule has 0 saturated heterocycles. The Morgan fingerprint density at radius 1 is 1.16 bits per heavy atom. The van der Waals surface area contributed by atoms with Crippen LogP contribution in [0.25, 0.3) is 10.2 Å². The minimum atomic E-state index is 0.925. The van der Waals surface area contributed by atoms with Gasteiger partial charge in [0, 0.05) is 10.3 Å². The van der Waals surface area contributed by atoms with E-state index in [1.54, 1.807) is 52.5 Å². The SMILES string of the molecule is CCc1cc2c(Sc3nnc(SC)s3)ncnc2s1. The molecule has 0 aliphatic carbocycles. The van der Waals surface area contributed by atoms with Gasteiger partial charge in [0.2, 0.25) is 0 Å². The molecule has 3 heterocycles. The molecule has 0 bridgehead atoms. The van der Waals surface area contributed by atoms with Gasteiger partial charge in [0.05, 0.1) is 0 Å². The van der Waals surface area contributed by atoms with Crippen LogP contribution in [0.3, 0.4) is 0 Å². The van der Waals surface area contributed by atoms with Crippen LogP contribution in [0.2, 0.25) is 0 Å². The molecule has 19 heavy (non-hydrogen) atoms. The molecule has 0 unspecified atom stereocenters. The molecule has 0 aliphatic heterocycles. The highest BCUT2D eigenvalue weighted by Gasteiger charge is 2.12. The van der Waals surface area contributed by atoms with Crippen LogP contribution < -0.4 is 0 Å². The van der Waals surface area contributed by atoms with E-state index < -0.39 is 0 Å². The smallest absolute Gasteiger partial charge is 0.181 e. The maximum atomic E-state index is 4.38. The van der Waals surface area contributed by atoms with Crippen LogP contribution in [-0.2, 0) is 6.42 Å². The number of hydrogen-bond acceptors (Lipinski definition) is 8. The van der Waals surface area contributed by atoms with E-state index in [1.165, 1.54) is 4.88 Å². The van der Waals surface area contributed by atoms with Crippen molar-refractivity contribution in [2.75, 3.05) is 6.26 Å². The Hall–Kier alpha value is -0.700. The zero-order valence-electron chi connectivity index (χ0n) is 10.3. The lowest BCUT2D eigenvalue weighted by atomic mass is 10.3. The molecule has 98 valence electrons. The van der Waals surface area contributed by atoms with E-state index in [9.17, 15) is 0 Å². The summed E-state index contributed by atoms with van der Waals surface area (Å²) in [4.78, 5) is 11.1. The first-order chi connectivity index (χ1) is 9.30. The van der Waals surface area contributed by atoms with Gasteiger partial charge in [-0.1, -0.05) is 30.0 Å². The number of thioether (sulfide) groups is 1. The van der Waals surface area contributed by atoms with Crippen molar-refractivity contribution in [3.05, 3.63) is 17.3 Å². The van der Waals surface area contributed by atoms with E-state index >= 15 is 0 Å². The van der Waals surface area contributed by atoms with Crippen molar-refractivity contribution in [2.45, 2.75) is 27.0 Å². The minimum Gasteiger partial charge on any atom is -0.229 e. The van der Waals surface area contributed by atoms with Crippen LogP contribution >= 0.6 is 46.2 Å². The van der Waals surface area contributed by atoms with Gasteiger partial charge in [0.15, 0.2) is 8.68 Å². The molecule has 0 aromatic carbocycles. The lowest BCUT2D eigenvalue weighted by Gasteiger charge is -1.96. The number of hydrogen-bond donors (Lipinski definition) is 0. The van der Waals surface area contributed by atoms with Gasteiger partial charge in [-0.2, -0.15) is 0 Å². The zero-order valence-corrected chi connectivity index (χ0v) is 13.5. The second-order valence-electron chi connectivity index (χ2n) is 3.60. The van der Waals surface area contributed by atoms with E-state index in [1.807, 2.05) is 6.26 Å². The van der Waals surface area contributed by atoms with Gasteiger partial charge in [-0.3, -0.25) is 0 Å². The maximum absolute atomic E-state index is 4.38. The van der Waals surface area contributed by atoms with Crippen molar-refractivity contribution in [3.8, 4) is 0 Å². The van der Waals surface area contributed by atoms with E-state index in [4.69, 9.17) is 0 Å². The fourth-order valence-electron chi connectivity index (χ4n) is 1.54. The molecular weight excluding hydrogens is 316 g/mol. The molecular formula is C11H10N4S4. The molecule has 3 aromatic rings. The van der Waals surface area contributed by atoms with Crippen LogP contribution in [0.5, 0.6) is 0 Å². The fraction of sp³-hybridized carbons (Fsp3) is 0.273. The minimum absolute atomic E-state index is 0.925. The monoisotopic (exact) mass is 326 g/mol. The van der Waals surface area contributed by atoms with Crippen LogP contribution in [0.15, 0.2) is 26.1 Å². The summed E-state index contributed by atoms with van der Waals surface area (Å²) >= 11 is 6.50. The number of aryl methyl sites for hydroxylation is 1. The molecule has 3 rings (SSSR count). The van der Waals surface area contributed by atoms with Crippen LogP contribution in [0.1, 0.15) is 11.8 Å². The summed E-state index contributed by atoms with van der Waals surface area (Å²) in [5.74, 6) is 0. The molecule has 0 spiro atoms. The maximum Gasteiger partial charge on any atom is 0.181 e. The number of rotatable bonds is 4. The van der Waals surface area contributed by atoms with Gasteiger partial charge in [-0.25, -0.2) is 9.97 Å². The Balaban J connectivity index is 1.97. The summed E-state index contributed by atoms with van der Waals surface area (Å²) in [5.41, 5.74) is 0. The fourth-order valence-corrected chi connectivity index (χ4v) is 4.96. The number of thiophene rings is 1. The number of fused-ring (bicyclic) bond motifs is 1. The summed E-state index contributed by atoms with van der Waals surface area (Å²) < 4.78 is 1.90. The third-order valence-corrected chi connectivity index (χ3v) is 6.59. The summed E-state index contributed by atoms with van der Waals surface area (Å²) in [6.07, 6.45) is 4.65. The Morgan fingerprint density at radius 3 is 2.74 bits per heavy atom. The van der Waals surface area contributed by atoms with Crippen LogP contribution in [0.4, 0.5) is 0 Å². The lowest BCUT2D eigenvalue weighted by molar-refractivity contribution is 0.954. The summed E-state index contributed by atoms with van der Waals surface area (Å²) in [6.45, 7) is 2.15. The second kappa shape index (κ2) is 5.74. The first-order valence-electron chi connectivity index (χ1n) is 5.59. The molecule has 0 aliphatic rings. The first-order valence-corrected chi connectivity index (χ1v) is 9.26. The lowest BCUT2D eigenvalue weighted by Crippen LogP contribution is -1.82. The average Bonchev–Trinajstić information content (AvgIpc) is 3.05. The number of aromatic nitrogens is 4. The van der Waals surface area contributed by atoms with Gasteiger partial charge in [0.1, 0.15) is 16.2 Å². The Bertz CT molecular complexity index is 706. The molecule has 3 aromatic heterocycles. The summed E-state index contributed by atoms with van der Waals surface area (Å²) in [5, 5.41) is 10.4. The molecule has 4 nitrogen and oxygen atoms in total. The van der Waals surface area contributed by atoms with Crippen LogP contribution in [0, 0.1) is 0 Å². The molecule has 0 fully saturated rings. The van der Waals surface area contributed by atoms with Crippen LogP contribution in [-0.4, -0.2) is 26.4 Å². The summed E-state index contributed by atoms with van der Waals surface area (Å²) in [7, 11) is 0. The normalized spacial score (nSPS) is 11.3. The van der Waals surface area contributed by atoms with Crippen molar-refractivity contribution >= 4 is 56.4 Å². The third-order valence-electron chi connectivity index (χ3n) is 2.44. The van der Waals surface area contributed by atoms with E-state index in [0.717, 1.165) is 30.3 Å². The van der Waals surface area contributed by atoms with Gasteiger partial charge in [0.25, 0.3) is 0 Å². The molecule has 0 saturated carbocycles. The van der Waals surface area contributed by atoms with Gasteiger partial charge in [-0.15, -0.1) is 21.5 Å². The highest BCUT2D eigenvalue weighted by Crippen LogP contribution is 2.37. The standard InChI is InChI=1S/C11H10N4S4/c1-3-6-4-7-8(17-6)12-5-13-9(7)18-11-15-14-10(16-2)19-11/h4-5H,3H2,1-2H3. The average molecular weight is 326 g/mol. The Kier molecular flexibility index (Phi) is 4.01. The molecule has 0 radical (unpaired) electrons. The Morgan fingerprint density at radius 2 is 2.00 bits per heavy atom. The largest absolute Gasteiger partial charge is 0.229 e. The van der Waals surface area contributed by atoms with Crippen molar-refractivity contribution in [1.82, 2.24) is 20.2 Å². The van der Waals surface area contributed by atoms with Crippen molar-refractivity contribution in [1.29, 1.82) is 0 Å². The van der Waals surface area contributed by atoms with E-state index in [-0.39, 0.29) is 0 Å². The quantitative estimate of drug-likeness (QED) is 0.534. The molecule has 0 amide bonds. The first kappa shape index (κ1) is 13.3. The van der Waals surface area contributed by atoms with E-state index in [2.05, 4.69) is 33.2 Å². The van der Waals surface area contributed by atoms with E-state index in [0.29, 0.717) is 0 Å². The van der Waals surface area contributed by atoms with Crippen molar-refractivity contribution in [3.63, 3.8) is 0 Å². The highest BCUT2D eigenvalue weighted by molar-refractivity contribution is 8.03. The molecule has 0 atom stereocenters.